The molecule has 5 heteroatoms. The van der Waals surface area contributed by atoms with Crippen LogP contribution in [-0.4, -0.2) is 21.2 Å². The number of aromatic nitrogens is 2. The van der Waals surface area contributed by atoms with E-state index in [-0.39, 0.29) is 11.6 Å². The monoisotopic (exact) mass is 263 g/mol. The van der Waals surface area contributed by atoms with Crippen LogP contribution in [0.15, 0.2) is 36.9 Å². The molecule has 0 spiro atoms. The van der Waals surface area contributed by atoms with Gasteiger partial charge in [-0.25, -0.2) is 9.37 Å². The third kappa shape index (κ3) is 4.37. The molecule has 0 unspecified atom stereocenters. The minimum Gasteiger partial charge on any atom is -0.508 e. The summed E-state index contributed by atoms with van der Waals surface area (Å²) in [5.41, 5.74) is 0.592. The van der Waals surface area contributed by atoms with E-state index in [4.69, 9.17) is 0 Å². The van der Waals surface area contributed by atoms with Gasteiger partial charge >= 0.3 is 0 Å². The van der Waals surface area contributed by atoms with Gasteiger partial charge in [0.05, 0.1) is 6.33 Å². The van der Waals surface area contributed by atoms with Crippen molar-refractivity contribution in [3.63, 3.8) is 0 Å². The minimum absolute atomic E-state index is 0.132. The Balaban J connectivity index is 1.62. The largest absolute Gasteiger partial charge is 0.508 e. The maximum atomic E-state index is 13.0. The number of aryl methyl sites for hydroxylation is 1. The van der Waals surface area contributed by atoms with Crippen molar-refractivity contribution < 1.29 is 9.50 Å². The first kappa shape index (κ1) is 13.5. The van der Waals surface area contributed by atoms with Gasteiger partial charge in [0.2, 0.25) is 0 Å². The first-order valence-electron chi connectivity index (χ1n) is 6.39. The maximum Gasteiger partial charge on any atom is 0.123 e. The van der Waals surface area contributed by atoms with Crippen LogP contribution in [-0.2, 0) is 13.1 Å². The summed E-state index contributed by atoms with van der Waals surface area (Å²) in [5, 5.41) is 12.7. The summed E-state index contributed by atoms with van der Waals surface area (Å²) in [4.78, 5) is 3.98. The summed E-state index contributed by atoms with van der Waals surface area (Å²) >= 11 is 0. The summed E-state index contributed by atoms with van der Waals surface area (Å²) in [7, 11) is 0. The Morgan fingerprint density at radius 2 is 2.21 bits per heavy atom. The van der Waals surface area contributed by atoms with Gasteiger partial charge < -0.3 is 15.0 Å². The molecule has 4 nitrogen and oxygen atoms in total. The normalized spacial score (nSPS) is 10.8. The van der Waals surface area contributed by atoms with Gasteiger partial charge in [0.15, 0.2) is 0 Å². The molecule has 0 aliphatic carbocycles. The minimum atomic E-state index is -0.324. The smallest absolute Gasteiger partial charge is 0.123 e. The van der Waals surface area contributed by atoms with Gasteiger partial charge in [0.1, 0.15) is 11.6 Å². The van der Waals surface area contributed by atoms with E-state index in [0.717, 1.165) is 25.9 Å². The van der Waals surface area contributed by atoms with Gasteiger partial charge in [-0.15, -0.1) is 0 Å². The second kappa shape index (κ2) is 6.89. The summed E-state index contributed by atoms with van der Waals surface area (Å²) in [6.07, 6.45) is 7.59. The molecule has 2 N–H and O–H groups in total. The Morgan fingerprint density at radius 3 is 3.00 bits per heavy atom. The Morgan fingerprint density at radius 1 is 1.32 bits per heavy atom. The molecule has 2 rings (SSSR count). The van der Waals surface area contributed by atoms with Crippen molar-refractivity contribution in [2.24, 2.45) is 0 Å². The fourth-order valence-corrected chi connectivity index (χ4v) is 1.88. The Bertz CT molecular complexity index is 499. The average molecular weight is 263 g/mol. The molecule has 0 saturated heterocycles. The zero-order valence-electron chi connectivity index (χ0n) is 10.7. The lowest BCUT2D eigenvalue weighted by Gasteiger charge is -2.07. The van der Waals surface area contributed by atoms with Gasteiger partial charge in [-0.1, -0.05) is 0 Å². The number of rotatable bonds is 7. The van der Waals surface area contributed by atoms with E-state index in [1.807, 2.05) is 10.8 Å². The first-order valence-corrected chi connectivity index (χ1v) is 6.39. The van der Waals surface area contributed by atoms with Crippen LogP contribution < -0.4 is 5.32 Å². The molecule has 0 radical (unpaired) electrons. The van der Waals surface area contributed by atoms with Crippen LogP contribution in [0.1, 0.15) is 18.4 Å². The van der Waals surface area contributed by atoms with E-state index in [1.165, 1.54) is 18.2 Å². The number of halogens is 1. The molecule has 19 heavy (non-hydrogen) atoms. The van der Waals surface area contributed by atoms with Crippen molar-refractivity contribution in [2.75, 3.05) is 6.54 Å². The van der Waals surface area contributed by atoms with Crippen molar-refractivity contribution in [1.29, 1.82) is 0 Å². The van der Waals surface area contributed by atoms with Crippen molar-refractivity contribution in [1.82, 2.24) is 14.9 Å². The predicted molar refractivity (Wildman–Crippen MR) is 71.2 cm³/mol. The van der Waals surface area contributed by atoms with Gasteiger partial charge in [0.25, 0.3) is 0 Å². The summed E-state index contributed by atoms with van der Waals surface area (Å²) in [5.74, 6) is -0.193. The number of phenols is 1. The summed E-state index contributed by atoms with van der Waals surface area (Å²) < 4.78 is 15.0. The fourth-order valence-electron chi connectivity index (χ4n) is 1.88. The Labute approximate surface area is 111 Å². The highest BCUT2D eigenvalue weighted by Gasteiger charge is 2.02. The molecule has 0 aliphatic rings. The van der Waals surface area contributed by atoms with Gasteiger partial charge in [-0.2, -0.15) is 0 Å². The molecule has 0 atom stereocenters. The van der Waals surface area contributed by atoms with E-state index in [2.05, 4.69) is 10.3 Å². The molecule has 1 aromatic carbocycles. The number of phenolic OH excluding ortho intramolecular Hbond substituents is 1. The second-order valence-electron chi connectivity index (χ2n) is 4.46. The highest BCUT2D eigenvalue weighted by molar-refractivity contribution is 5.32. The molecule has 0 amide bonds. The van der Waals surface area contributed by atoms with Crippen molar-refractivity contribution >= 4 is 0 Å². The Kier molecular flexibility index (Phi) is 4.92. The highest BCUT2D eigenvalue weighted by atomic mass is 19.1. The van der Waals surface area contributed by atoms with Crippen molar-refractivity contribution in [3.05, 3.63) is 48.3 Å². The topological polar surface area (TPSA) is 50.1 Å². The molecule has 1 aromatic heterocycles. The van der Waals surface area contributed by atoms with Crippen LogP contribution in [0.5, 0.6) is 5.75 Å². The number of aromatic hydroxyl groups is 1. The molecular weight excluding hydrogens is 245 g/mol. The highest BCUT2D eigenvalue weighted by Crippen LogP contribution is 2.17. The molecule has 0 aliphatic heterocycles. The van der Waals surface area contributed by atoms with Crippen LogP contribution in [0, 0.1) is 5.82 Å². The van der Waals surface area contributed by atoms with E-state index < -0.39 is 0 Å². The van der Waals surface area contributed by atoms with Gasteiger partial charge in [0, 0.05) is 31.0 Å². The molecule has 0 fully saturated rings. The molecule has 0 saturated carbocycles. The van der Waals surface area contributed by atoms with Gasteiger partial charge in [-0.05, 0) is 37.6 Å². The van der Waals surface area contributed by atoms with Crippen LogP contribution in [0.25, 0.3) is 0 Å². The molecule has 2 aromatic rings. The lowest BCUT2D eigenvalue weighted by molar-refractivity contribution is 0.460. The predicted octanol–water partition coefficient (Wildman–Crippen LogP) is 2.30. The maximum absolute atomic E-state index is 13.0. The van der Waals surface area contributed by atoms with E-state index >= 15 is 0 Å². The summed E-state index contributed by atoms with van der Waals surface area (Å²) in [6.45, 7) is 2.27. The number of hydrogen-bond acceptors (Lipinski definition) is 3. The Hall–Kier alpha value is -1.88. The standard InChI is InChI=1S/C14H18FN3O/c15-13-3-4-14(19)12(9-13)10-16-5-1-2-7-18-8-6-17-11-18/h3-4,6,8-9,11,16,19H,1-2,5,7,10H2. The van der Waals surface area contributed by atoms with Crippen LogP contribution in [0.2, 0.25) is 0 Å². The zero-order chi connectivity index (χ0) is 13.5. The van der Waals surface area contributed by atoms with E-state index in [9.17, 15) is 9.50 Å². The van der Waals surface area contributed by atoms with E-state index in [0.29, 0.717) is 12.1 Å². The molecule has 0 bridgehead atoms. The molecule has 102 valence electrons. The summed E-state index contributed by atoms with van der Waals surface area (Å²) in [6, 6.07) is 3.99. The second-order valence-corrected chi connectivity index (χ2v) is 4.46. The van der Waals surface area contributed by atoms with Crippen LogP contribution in [0.3, 0.4) is 0 Å². The lowest BCUT2D eigenvalue weighted by atomic mass is 10.2. The van der Waals surface area contributed by atoms with Crippen molar-refractivity contribution in [2.45, 2.75) is 25.9 Å². The average Bonchev–Trinajstić information content (AvgIpc) is 2.90. The van der Waals surface area contributed by atoms with Crippen molar-refractivity contribution in [3.8, 4) is 5.75 Å². The molecule has 1 heterocycles. The third-order valence-electron chi connectivity index (χ3n) is 2.94. The van der Waals surface area contributed by atoms with Gasteiger partial charge in [-0.3, -0.25) is 0 Å². The number of nitrogens with one attached hydrogen (secondary N) is 1. The number of imidazole rings is 1. The number of nitrogens with zero attached hydrogens (tertiary/aromatic N) is 2. The quantitative estimate of drug-likeness (QED) is 0.754. The number of hydrogen-bond donors (Lipinski definition) is 2. The first-order chi connectivity index (χ1) is 9.25. The van der Waals surface area contributed by atoms with Crippen LogP contribution >= 0.6 is 0 Å². The molecular formula is C14H18FN3O. The van der Waals surface area contributed by atoms with Crippen LogP contribution in [0.4, 0.5) is 4.39 Å². The lowest BCUT2D eigenvalue weighted by Crippen LogP contribution is -2.15. The van der Waals surface area contributed by atoms with E-state index in [1.54, 1.807) is 12.5 Å². The number of benzene rings is 1. The third-order valence-corrected chi connectivity index (χ3v) is 2.94. The SMILES string of the molecule is Oc1ccc(F)cc1CNCCCCn1ccnc1. The number of unbranched alkanes of at least 4 members (excludes halogenated alkanes) is 1. The zero-order valence-corrected chi connectivity index (χ0v) is 10.7. The fraction of sp³-hybridized carbons (Fsp3) is 0.357.